The van der Waals surface area contributed by atoms with Crippen LogP contribution in [0.3, 0.4) is 0 Å². The highest BCUT2D eigenvalue weighted by atomic mass is 28.4. The van der Waals surface area contributed by atoms with Crippen LogP contribution in [0.15, 0.2) is 60.7 Å². The first-order valence-corrected chi connectivity index (χ1v) is 10.3. The van der Waals surface area contributed by atoms with Gasteiger partial charge in [0.25, 0.3) is 8.32 Å². The molecule has 0 saturated heterocycles. The molecule has 2 aromatic rings. The second-order valence-corrected chi connectivity index (χ2v) is 11.3. The highest BCUT2D eigenvalue weighted by Crippen LogP contribution is 2.41. The Bertz CT molecular complexity index is 602. The summed E-state index contributed by atoms with van der Waals surface area (Å²) in [7, 11) is -3.09. The summed E-state index contributed by atoms with van der Waals surface area (Å²) in [6, 6.07) is 19.4. The summed E-state index contributed by atoms with van der Waals surface area (Å²) in [5.41, 5.74) is -1.63. The molecule has 2 N–H and O–H groups in total. The molecule has 0 aliphatic heterocycles. The van der Waals surface area contributed by atoms with E-state index in [4.69, 9.17) is 0 Å². The van der Waals surface area contributed by atoms with Crippen molar-refractivity contribution in [3.05, 3.63) is 60.7 Å². The molecule has 130 valence electrons. The molecule has 1 atom stereocenters. The van der Waals surface area contributed by atoms with Gasteiger partial charge in [-0.05, 0) is 35.2 Å². The van der Waals surface area contributed by atoms with E-state index in [1.165, 1.54) is 6.92 Å². The molecule has 0 fully saturated rings. The molecule has 4 heteroatoms. The van der Waals surface area contributed by atoms with E-state index >= 15 is 0 Å². The molecule has 0 amide bonds. The molecule has 0 radical (unpaired) electrons. The monoisotopic (exact) mass is 346 g/mol. The number of benzene rings is 2. The van der Waals surface area contributed by atoms with Gasteiger partial charge >= 0.3 is 0 Å². The lowest BCUT2D eigenvalue weighted by molar-refractivity contribution is 0.0746. The highest BCUT2D eigenvalue weighted by molar-refractivity contribution is 6.98. The maximum absolute atomic E-state index is 14.2. The number of aliphatic hydroxyl groups excluding tert-OH is 1. The summed E-state index contributed by atoms with van der Waals surface area (Å²) in [4.78, 5) is 11.9. The third-order valence-corrected chi connectivity index (χ3v) is 9.51. The van der Waals surface area contributed by atoms with E-state index in [2.05, 4.69) is 0 Å². The lowest BCUT2D eigenvalue weighted by atomic mass is 9.97. The zero-order valence-corrected chi connectivity index (χ0v) is 15.7. The van der Waals surface area contributed by atoms with Crippen molar-refractivity contribution >= 4 is 18.7 Å². The first-order valence-electron chi connectivity index (χ1n) is 8.36. The van der Waals surface area contributed by atoms with Crippen molar-refractivity contribution in [3.63, 3.8) is 0 Å². The molecule has 1 unspecified atom stereocenters. The lowest BCUT2D eigenvalue weighted by Crippen LogP contribution is -2.65. The van der Waals surface area contributed by atoms with Crippen molar-refractivity contribution in [2.24, 2.45) is 0 Å². The molecule has 2 aromatic carbocycles. The summed E-state index contributed by atoms with van der Waals surface area (Å²) in [5, 5.41) is 10.6. The normalized spacial score (nSPS) is 15.1. The van der Waals surface area contributed by atoms with Gasteiger partial charge in [0.05, 0.1) is 6.61 Å². The molecule has 0 heterocycles. The smallest absolute Gasteiger partial charge is 0.258 e. The number of hydrogen-bond donors (Lipinski definition) is 2. The number of rotatable bonds is 7. The van der Waals surface area contributed by atoms with E-state index in [0.29, 0.717) is 6.42 Å². The number of alkyl halides is 1. The second kappa shape index (κ2) is 7.17. The Morgan fingerprint density at radius 2 is 1.25 bits per heavy atom. The maximum Gasteiger partial charge on any atom is 0.258 e. The average Bonchev–Trinajstić information content (AvgIpc) is 2.61. The van der Waals surface area contributed by atoms with Crippen molar-refractivity contribution in [1.29, 1.82) is 0 Å². The van der Waals surface area contributed by atoms with Crippen LogP contribution in [0.4, 0.5) is 4.39 Å². The lowest BCUT2D eigenvalue weighted by Gasteiger charge is -2.42. The van der Waals surface area contributed by atoms with Gasteiger partial charge in [-0.25, -0.2) is 4.39 Å². The minimum atomic E-state index is -3.09. The van der Waals surface area contributed by atoms with Crippen molar-refractivity contribution < 1.29 is 14.3 Å². The highest BCUT2D eigenvalue weighted by Gasteiger charge is 2.50. The molecular weight excluding hydrogens is 319 g/mol. The van der Waals surface area contributed by atoms with E-state index in [0.717, 1.165) is 10.4 Å². The summed E-state index contributed by atoms with van der Waals surface area (Å²) >= 11 is 0. The van der Waals surface area contributed by atoms with Gasteiger partial charge in [-0.2, -0.15) is 0 Å². The van der Waals surface area contributed by atoms with Crippen LogP contribution in [0.1, 0.15) is 33.6 Å². The van der Waals surface area contributed by atoms with Gasteiger partial charge in [-0.1, -0.05) is 74.5 Å². The molecule has 0 bridgehead atoms. The number of halogens is 1. The van der Waals surface area contributed by atoms with Gasteiger partial charge in [-0.15, -0.1) is 0 Å². The SMILES string of the molecule is CC(F)(CO)CCC(C)(C)[Si](O)(c1ccccc1)c1ccccc1. The molecule has 0 saturated carbocycles. The fourth-order valence-corrected chi connectivity index (χ4v) is 6.87. The van der Waals surface area contributed by atoms with Crippen molar-refractivity contribution in [1.82, 2.24) is 0 Å². The first-order chi connectivity index (χ1) is 11.2. The van der Waals surface area contributed by atoms with Crippen LogP contribution in [0.5, 0.6) is 0 Å². The fraction of sp³-hybridized carbons (Fsp3) is 0.400. The second-order valence-electron chi connectivity index (χ2n) is 7.40. The number of aliphatic hydroxyl groups is 1. The van der Waals surface area contributed by atoms with E-state index < -0.39 is 25.6 Å². The van der Waals surface area contributed by atoms with E-state index in [1.54, 1.807) is 0 Å². The summed E-state index contributed by atoms with van der Waals surface area (Å²) in [6.07, 6.45) is 0.707. The standard InChI is InChI=1S/C20H27FO2Si/c1-19(2,14-15-20(3,21)16-22)24(23,17-10-6-4-7-11-17)18-12-8-5-9-13-18/h4-13,22-23H,14-16H2,1-3H3. The van der Waals surface area contributed by atoms with Gasteiger partial charge < -0.3 is 9.90 Å². The molecule has 2 nitrogen and oxygen atoms in total. The Labute approximate surface area is 145 Å². The van der Waals surface area contributed by atoms with Crippen LogP contribution < -0.4 is 10.4 Å². The van der Waals surface area contributed by atoms with Crippen molar-refractivity contribution in [3.8, 4) is 0 Å². The zero-order chi connectivity index (χ0) is 17.8. The Kier molecular flexibility index (Phi) is 5.63. The van der Waals surface area contributed by atoms with E-state index in [1.807, 2.05) is 74.5 Å². The minimum absolute atomic E-state index is 0.214. The molecule has 0 aromatic heterocycles. The molecule has 0 aliphatic rings. The van der Waals surface area contributed by atoms with Crippen molar-refractivity contribution in [2.75, 3.05) is 6.61 Å². The van der Waals surface area contributed by atoms with Crippen molar-refractivity contribution in [2.45, 2.75) is 44.3 Å². The number of hydrogen-bond acceptors (Lipinski definition) is 2. The predicted molar refractivity (Wildman–Crippen MR) is 100.0 cm³/mol. The van der Waals surface area contributed by atoms with Crippen LogP contribution in [0.25, 0.3) is 0 Å². The first kappa shape index (κ1) is 18.8. The topological polar surface area (TPSA) is 40.5 Å². The van der Waals surface area contributed by atoms with E-state index in [-0.39, 0.29) is 6.42 Å². The van der Waals surface area contributed by atoms with Crippen LogP contribution in [0, 0.1) is 0 Å². The van der Waals surface area contributed by atoms with Crippen LogP contribution in [-0.2, 0) is 0 Å². The molecule has 2 rings (SSSR count). The Hall–Kier alpha value is -1.49. The molecule has 24 heavy (non-hydrogen) atoms. The minimum Gasteiger partial charge on any atom is -0.424 e. The molecule has 0 spiro atoms. The quantitative estimate of drug-likeness (QED) is 0.757. The molecular formula is C20H27FO2Si. The molecule has 0 aliphatic carbocycles. The van der Waals surface area contributed by atoms with Gasteiger partial charge in [0.1, 0.15) is 5.67 Å². The fourth-order valence-electron chi connectivity index (χ4n) is 3.14. The maximum atomic E-state index is 14.2. The van der Waals surface area contributed by atoms with Crippen LogP contribution in [-0.4, -0.2) is 30.5 Å². The summed E-state index contributed by atoms with van der Waals surface area (Å²) in [5.74, 6) is 0. The Balaban J connectivity index is 2.46. The van der Waals surface area contributed by atoms with Crippen LogP contribution >= 0.6 is 0 Å². The van der Waals surface area contributed by atoms with Gasteiger partial charge in [0, 0.05) is 0 Å². The predicted octanol–water partition coefficient (Wildman–Crippen LogP) is 3.02. The average molecular weight is 347 g/mol. The van der Waals surface area contributed by atoms with Gasteiger partial charge in [0.2, 0.25) is 0 Å². The third-order valence-electron chi connectivity index (χ3n) is 4.96. The van der Waals surface area contributed by atoms with Gasteiger partial charge in [-0.3, -0.25) is 0 Å². The Morgan fingerprint density at radius 1 is 0.833 bits per heavy atom. The summed E-state index contributed by atoms with van der Waals surface area (Å²) < 4.78 is 14.2. The third kappa shape index (κ3) is 3.77. The van der Waals surface area contributed by atoms with E-state index in [9.17, 15) is 14.3 Å². The van der Waals surface area contributed by atoms with Crippen LogP contribution in [0.2, 0.25) is 5.04 Å². The Morgan fingerprint density at radius 3 is 1.62 bits per heavy atom. The zero-order valence-electron chi connectivity index (χ0n) is 14.7. The summed E-state index contributed by atoms with van der Waals surface area (Å²) in [6.45, 7) is 4.92. The largest absolute Gasteiger partial charge is 0.424 e. The van der Waals surface area contributed by atoms with Gasteiger partial charge in [0.15, 0.2) is 0 Å².